The summed E-state index contributed by atoms with van der Waals surface area (Å²) in [5.74, 6) is 1.15. The van der Waals surface area contributed by atoms with Crippen LogP contribution in [0.5, 0.6) is 0 Å². The fourth-order valence-corrected chi connectivity index (χ4v) is 9.02. The number of aromatic nitrogens is 4. The van der Waals surface area contributed by atoms with E-state index in [1.807, 2.05) is 42.5 Å². The molecule has 0 amide bonds. The van der Waals surface area contributed by atoms with Gasteiger partial charge in [0.2, 0.25) is 5.95 Å². The van der Waals surface area contributed by atoms with E-state index in [0.29, 0.717) is 17.3 Å². The molecule has 0 spiro atoms. The number of rotatable bonds is 6. The summed E-state index contributed by atoms with van der Waals surface area (Å²) in [6, 6.07) is 50.5. The molecule has 10 heteroatoms. The summed E-state index contributed by atoms with van der Waals surface area (Å²) in [6.07, 6.45) is 7.51. The third-order valence-electron chi connectivity index (χ3n) is 12.0. The molecule has 61 heavy (non-hydrogen) atoms. The Labute approximate surface area is 361 Å². The van der Waals surface area contributed by atoms with Crippen LogP contribution in [0.3, 0.4) is 0 Å². The van der Waals surface area contributed by atoms with Gasteiger partial charge in [0, 0.05) is 39.2 Å². The molecule has 10 radical (unpaired) electrons. The van der Waals surface area contributed by atoms with Gasteiger partial charge in [-0.15, -0.1) is 16.4 Å². The number of fused-ring (bicyclic) bond motifs is 7. The predicted molar refractivity (Wildman–Crippen MR) is 256 cm³/mol. The number of para-hydroxylation sites is 1. The van der Waals surface area contributed by atoms with Gasteiger partial charge >= 0.3 is 0 Å². The summed E-state index contributed by atoms with van der Waals surface area (Å²) in [6.45, 7) is 0. The Morgan fingerprint density at radius 2 is 1.11 bits per heavy atom. The highest BCUT2D eigenvalue weighted by Crippen LogP contribution is 2.55. The molecule has 2 aromatic heterocycles. The van der Waals surface area contributed by atoms with Crippen LogP contribution >= 0.6 is 0 Å². The Kier molecular flexibility index (Phi) is 8.85. The fraction of sp³-hybridized carbons (Fsp3) is 0.0392. The molecule has 0 saturated heterocycles. The zero-order valence-corrected chi connectivity index (χ0v) is 33.0. The lowest BCUT2D eigenvalue weighted by atomic mass is 9.60. The van der Waals surface area contributed by atoms with Crippen molar-refractivity contribution in [3.8, 4) is 51.0 Å². The molecule has 3 heterocycles. The van der Waals surface area contributed by atoms with Crippen LogP contribution in [0.4, 0.5) is 11.4 Å². The van der Waals surface area contributed by atoms with Crippen molar-refractivity contribution in [2.45, 2.75) is 12.3 Å². The zero-order chi connectivity index (χ0) is 41.4. The summed E-state index contributed by atoms with van der Waals surface area (Å²) in [4.78, 5) is 18.0. The monoisotopic (exact) mass is 767 g/mol. The van der Waals surface area contributed by atoms with Gasteiger partial charge in [-0.1, -0.05) is 150 Å². The summed E-state index contributed by atoms with van der Waals surface area (Å²) >= 11 is 0. The van der Waals surface area contributed by atoms with E-state index >= 15 is 0 Å². The first kappa shape index (κ1) is 37.0. The smallest absolute Gasteiger partial charge is 0.238 e. The van der Waals surface area contributed by atoms with Crippen LogP contribution in [0, 0.1) is 0 Å². The first-order valence-corrected chi connectivity index (χ1v) is 20.2. The number of hydrogen-bond acceptors (Lipinski definition) is 4. The number of anilines is 2. The number of nitrogens with zero attached hydrogens (tertiary/aromatic N) is 5. The summed E-state index contributed by atoms with van der Waals surface area (Å²) in [5.41, 5.74) is 12.6. The average Bonchev–Trinajstić information content (AvgIpc) is 3.84. The second-order valence-electron chi connectivity index (χ2n) is 15.5. The second kappa shape index (κ2) is 14.6. The van der Waals surface area contributed by atoms with Gasteiger partial charge in [-0.2, -0.15) is 9.97 Å². The minimum absolute atomic E-state index is 0.115. The Hall–Kier alpha value is -7.05. The molecule has 11 rings (SSSR count). The topological polar surface area (TPSA) is 46.8 Å². The van der Waals surface area contributed by atoms with Gasteiger partial charge in [-0.25, -0.2) is 4.98 Å². The van der Waals surface area contributed by atoms with E-state index < -0.39 is 0 Å². The van der Waals surface area contributed by atoms with E-state index in [0.717, 1.165) is 67.4 Å². The zero-order valence-electron chi connectivity index (χ0n) is 33.0. The lowest BCUT2D eigenvalue weighted by molar-refractivity contribution is 0.820. The molecule has 0 fully saturated rings. The maximum atomic E-state index is 6.72. The number of benzene rings is 7. The van der Waals surface area contributed by atoms with Crippen molar-refractivity contribution in [1.29, 1.82) is 0 Å². The predicted octanol–water partition coefficient (Wildman–Crippen LogP) is 6.68. The van der Waals surface area contributed by atoms with E-state index in [1.54, 1.807) is 0 Å². The minimum atomic E-state index is 0.115. The lowest BCUT2D eigenvalue weighted by Gasteiger charge is -2.26. The van der Waals surface area contributed by atoms with Gasteiger partial charge < -0.3 is 4.90 Å². The first-order valence-electron chi connectivity index (χ1n) is 20.2. The van der Waals surface area contributed by atoms with Crippen LogP contribution in [0.15, 0.2) is 170 Å². The molecule has 274 valence electrons. The number of hydrogen-bond donors (Lipinski definition) is 0. The highest BCUT2D eigenvalue weighted by atomic mass is 15.2. The molecule has 1 aliphatic heterocycles. The van der Waals surface area contributed by atoms with Crippen molar-refractivity contribution < 1.29 is 0 Å². The van der Waals surface area contributed by atoms with Crippen molar-refractivity contribution in [1.82, 2.24) is 19.5 Å². The number of allylic oxidation sites excluding steroid dienone is 4. The SMILES string of the molecule is [B]c1c([B])c([B])c(-c2nc(-c3ccc(-c4ccccc4)cc3)nc(-n3c4ccccc4c4ccc5c(c43)N(c3cccc(-c4ccccc4)c3)C3=CC=CCC35)n2)c([B])c1[B]. The first-order chi connectivity index (χ1) is 29.9. The minimum Gasteiger partial charge on any atom is -0.311 e. The molecular weight excluding hydrogens is 737 g/mol. The molecule has 5 nitrogen and oxygen atoms in total. The lowest BCUT2D eigenvalue weighted by Crippen LogP contribution is -2.55. The van der Waals surface area contributed by atoms with Crippen LogP contribution in [0.25, 0.3) is 72.8 Å². The summed E-state index contributed by atoms with van der Waals surface area (Å²) in [7, 11) is 32.6. The molecule has 9 aromatic rings. The van der Waals surface area contributed by atoms with Gasteiger partial charge in [0.1, 0.15) is 39.2 Å². The van der Waals surface area contributed by atoms with Crippen molar-refractivity contribution in [3.05, 3.63) is 175 Å². The fourth-order valence-electron chi connectivity index (χ4n) is 9.02. The largest absolute Gasteiger partial charge is 0.311 e. The quantitative estimate of drug-likeness (QED) is 0.177. The molecule has 2 aliphatic rings. The van der Waals surface area contributed by atoms with Crippen molar-refractivity contribution >= 4 is 99.7 Å². The molecule has 1 unspecified atom stereocenters. The van der Waals surface area contributed by atoms with Crippen LogP contribution in [0.2, 0.25) is 0 Å². The van der Waals surface area contributed by atoms with Gasteiger partial charge in [0.05, 0.1) is 16.7 Å². The van der Waals surface area contributed by atoms with E-state index in [-0.39, 0.29) is 39.1 Å². The summed E-state index contributed by atoms with van der Waals surface area (Å²) < 4.78 is 2.15. The van der Waals surface area contributed by atoms with E-state index in [2.05, 4.69) is 131 Å². The molecule has 0 N–H and O–H groups in total. The van der Waals surface area contributed by atoms with Crippen molar-refractivity contribution in [3.63, 3.8) is 0 Å². The highest BCUT2D eigenvalue weighted by molar-refractivity contribution is 6.68. The maximum absolute atomic E-state index is 6.72. The molecular formula is C51H30B5N5. The van der Waals surface area contributed by atoms with Gasteiger partial charge in [0.25, 0.3) is 0 Å². The Bertz CT molecular complexity index is 3260. The molecule has 0 saturated carbocycles. The maximum Gasteiger partial charge on any atom is 0.238 e. The molecule has 7 aromatic carbocycles. The van der Waals surface area contributed by atoms with Gasteiger partial charge in [0.15, 0.2) is 11.6 Å². The van der Waals surface area contributed by atoms with Crippen molar-refractivity contribution in [2.24, 2.45) is 0 Å². The van der Waals surface area contributed by atoms with E-state index in [1.165, 1.54) is 11.3 Å². The molecule has 1 aliphatic carbocycles. The van der Waals surface area contributed by atoms with Gasteiger partial charge in [-0.05, 0) is 58.5 Å². The normalized spacial score (nSPS) is 14.3. The second-order valence-corrected chi connectivity index (χ2v) is 15.5. The van der Waals surface area contributed by atoms with Crippen LogP contribution < -0.4 is 32.2 Å². The molecule has 0 bridgehead atoms. The Balaban J connectivity index is 1.20. The van der Waals surface area contributed by atoms with Crippen LogP contribution in [-0.4, -0.2) is 58.8 Å². The third kappa shape index (κ3) is 5.95. The Morgan fingerprint density at radius 3 is 1.85 bits per heavy atom. The summed E-state index contributed by atoms with van der Waals surface area (Å²) in [5, 5.41) is 2.11. The third-order valence-corrected chi connectivity index (χ3v) is 12.0. The average molecular weight is 767 g/mol. The van der Waals surface area contributed by atoms with Crippen molar-refractivity contribution in [2.75, 3.05) is 4.90 Å². The Morgan fingerprint density at radius 1 is 0.508 bits per heavy atom. The van der Waals surface area contributed by atoms with E-state index in [4.69, 9.17) is 54.2 Å². The van der Waals surface area contributed by atoms with Crippen LogP contribution in [-0.2, 0) is 0 Å². The molecule has 1 atom stereocenters. The van der Waals surface area contributed by atoms with E-state index in [9.17, 15) is 0 Å². The van der Waals surface area contributed by atoms with Gasteiger partial charge in [-0.3, -0.25) is 4.57 Å². The highest BCUT2D eigenvalue weighted by Gasteiger charge is 2.38. The van der Waals surface area contributed by atoms with Crippen LogP contribution in [0.1, 0.15) is 17.9 Å². The standard InChI is InChI=1S/C51H30B5N5/c52-42-41(43(53)45(55)46(56)44(42)54)50-57-49(32-24-22-31(23-25-32)29-12-3-1-4-13-29)58-51(59-50)61-40-21-10-8-19-36(40)38-27-26-37-35-18-7-9-20-39(35)60(47(37)48(38)61)34-17-11-16-33(28-34)30-14-5-2-6-15-30/h1-17,19-28,35H,18H2.